The summed E-state index contributed by atoms with van der Waals surface area (Å²) >= 11 is 0. The molecule has 0 N–H and O–H groups in total. The van der Waals surface area contributed by atoms with Crippen LogP contribution in [0.15, 0.2) is 12.4 Å². The second-order valence-corrected chi connectivity index (χ2v) is 7.38. The van der Waals surface area contributed by atoms with Crippen molar-refractivity contribution in [3.8, 4) is 0 Å². The van der Waals surface area contributed by atoms with Gasteiger partial charge in [-0.05, 0) is 19.8 Å². The predicted octanol–water partition coefficient (Wildman–Crippen LogP) is 2.20. The van der Waals surface area contributed by atoms with E-state index in [0.29, 0.717) is 30.0 Å². The van der Waals surface area contributed by atoms with Gasteiger partial charge in [0.2, 0.25) is 5.91 Å². The van der Waals surface area contributed by atoms with E-state index in [-0.39, 0.29) is 11.9 Å². The van der Waals surface area contributed by atoms with Crippen LogP contribution in [0, 0.1) is 11.8 Å². The molecule has 1 aromatic heterocycles. The van der Waals surface area contributed by atoms with Gasteiger partial charge in [0.1, 0.15) is 11.9 Å². The summed E-state index contributed by atoms with van der Waals surface area (Å²) < 4.78 is 8.03. The first-order chi connectivity index (χ1) is 10.6. The molecule has 3 fully saturated rings. The smallest absolute Gasteiger partial charge is 0.245 e. The Morgan fingerprint density at radius 2 is 1.86 bits per heavy atom. The standard InChI is InChI=1S/C17H25N3O2/c1-10(2)16-18-6-7-20(16)11(3)17(21)19-8-12-13(9-19)15-5-4-14(12)22-15/h6-7,10-15H,4-5,8-9H2,1-3H3/t11-,12-,13+,14+,15-/m1/s1. The van der Waals surface area contributed by atoms with Crippen LogP contribution in [0.25, 0.3) is 0 Å². The monoisotopic (exact) mass is 303 g/mol. The Morgan fingerprint density at radius 1 is 1.23 bits per heavy atom. The predicted molar refractivity (Wildman–Crippen MR) is 82.5 cm³/mol. The number of carbonyl (C=O) groups excluding carboxylic acids is 1. The van der Waals surface area contributed by atoms with Gasteiger partial charge in [-0.3, -0.25) is 4.79 Å². The fraction of sp³-hybridized carbons (Fsp3) is 0.765. The van der Waals surface area contributed by atoms with Crippen molar-refractivity contribution in [3.05, 3.63) is 18.2 Å². The largest absolute Gasteiger partial charge is 0.374 e. The van der Waals surface area contributed by atoms with E-state index in [4.69, 9.17) is 4.74 Å². The molecule has 5 atom stereocenters. The van der Waals surface area contributed by atoms with Crippen molar-refractivity contribution in [1.29, 1.82) is 0 Å². The number of likely N-dealkylation sites (tertiary alicyclic amines) is 1. The van der Waals surface area contributed by atoms with Gasteiger partial charge in [-0.2, -0.15) is 0 Å². The summed E-state index contributed by atoms with van der Waals surface area (Å²) in [5.74, 6) is 2.69. The van der Waals surface area contributed by atoms with E-state index in [9.17, 15) is 4.79 Å². The topological polar surface area (TPSA) is 47.4 Å². The summed E-state index contributed by atoms with van der Waals surface area (Å²) in [6.45, 7) is 7.98. The minimum atomic E-state index is -0.169. The van der Waals surface area contributed by atoms with E-state index in [1.807, 2.05) is 17.7 Å². The maximum Gasteiger partial charge on any atom is 0.245 e. The Hall–Kier alpha value is -1.36. The zero-order chi connectivity index (χ0) is 15.4. The minimum absolute atomic E-state index is 0.169. The van der Waals surface area contributed by atoms with Crippen LogP contribution >= 0.6 is 0 Å². The number of carbonyl (C=O) groups is 1. The van der Waals surface area contributed by atoms with E-state index < -0.39 is 0 Å². The molecule has 4 rings (SSSR count). The van der Waals surface area contributed by atoms with Crippen molar-refractivity contribution in [2.24, 2.45) is 11.8 Å². The van der Waals surface area contributed by atoms with E-state index in [0.717, 1.165) is 18.9 Å². The van der Waals surface area contributed by atoms with Gasteiger partial charge in [0.25, 0.3) is 0 Å². The number of fused-ring (bicyclic) bond motifs is 5. The molecule has 5 heteroatoms. The van der Waals surface area contributed by atoms with Crippen molar-refractivity contribution in [2.75, 3.05) is 13.1 Å². The maximum absolute atomic E-state index is 12.9. The number of ether oxygens (including phenoxy) is 1. The third-order valence-corrected chi connectivity index (χ3v) is 5.75. The Bertz CT molecular complexity index is 564. The lowest BCUT2D eigenvalue weighted by molar-refractivity contribution is -0.134. The molecular formula is C17H25N3O2. The molecular weight excluding hydrogens is 278 g/mol. The van der Waals surface area contributed by atoms with Crippen LogP contribution in [0.1, 0.15) is 51.4 Å². The zero-order valence-corrected chi connectivity index (χ0v) is 13.6. The third-order valence-electron chi connectivity index (χ3n) is 5.75. The van der Waals surface area contributed by atoms with Crippen molar-refractivity contribution in [2.45, 2.75) is 57.8 Å². The highest BCUT2D eigenvalue weighted by molar-refractivity contribution is 5.80. The number of aromatic nitrogens is 2. The second kappa shape index (κ2) is 5.08. The van der Waals surface area contributed by atoms with Crippen LogP contribution < -0.4 is 0 Å². The fourth-order valence-corrected chi connectivity index (χ4v) is 4.62. The molecule has 0 aliphatic carbocycles. The van der Waals surface area contributed by atoms with Gasteiger partial charge in [-0.15, -0.1) is 0 Å². The van der Waals surface area contributed by atoms with Crippen LogP contribution in [0.5, 0.6) is 0 Å². The molecule has 1 amide bonds. The van der Waals surface area contributed by atoms with Gasteiger partial charge in [0.05, 0.1) is 12.2 Å². The van der Waals surface area contributed by atoms with Gasteiger partial charge < -0.3 is 14.2 Å². The van der Waals surface area contributed by atoms with Crippen LogP contribution in [0.3, 0.4) is 0 Å². The average molecular weight is 303 g/mol. The molecule has 22 heavy (non-hydrogen) atoms. The lowest BCUT2D eigenvalue weighted by atomic mass is 9.82. The van der Waals surface area contributed by atoms with Gasteiger partial charge in [-0.1, -0.05) is 13.8 Å². The SMILES string of the molecule is CC(C)c1nccn1[C@H](C)C(=O)N1C[C@@H]2[C@H](C1)[C@H]1CC[C@@H]2O1. The summed E-state index contributed by atoms with van der Waals surface area (Å²) in [5.41, 5.74) is 0. The Balaban J connectivity index is 1.49. The summed E-state index contributed by atoms with van der Waals surface area (Å²) in [5, 5.41) is 0. The van der Waals surface area contributed by atoms with E-state index in [1.165, 1.54) is 12.8 Å². The molecule has 1 aromatic rings. The second-order valence-electron chi connectivity index (χ2n) is 7.38. The quantitative estimate of drug-likeness (QED) is 0.860. The Kier molecular flexibility index (Phi) is 3.29. The molecule has 3 saturated heterocycles. The maximum atomic E-state index is 12.9. The minimum Gasteiger partial charge on any atom is -0.374 e. The van der Waals surface area contributed by atoms with E-state index in [2.05, 4.69) is 23.7 Å². The number of amides is 1. The van der Waals surface area contributed by atoms with E-state index in [1.54, 1.807) is 6.20 Å². The van der Waals surface area contributed by atoms with E-state index >= 15 is 0 Å². The normalized spacial score (nSPS) is 34.5. The highest BCUT2D eigenvalue weighted by Gasteiger charge is 2.54. The molecule has 0 spiro atoms. The first-order valence-corrected chi connectivity index (χ1v) is 8.53. The van der Waals surface area contributed by atoms with Crippen LogP contribution in [-0.2, 0) is 9.53 Å². The molecule has 120 valence electrons. The number of rotatable bonds is 3. The van der Waals surface area contributed by atoms with Crippen LogP contribution in [-0.4, -0.2) is 45.7 Å². The average Bonchev–Trinajstić information content (AvgIpc) is 3.25. The molecule has 0 unspecified atom stereocenters. The highest BCUT2D eigenvalue weighted by Crippen LogP contribution is 2.47. The van der Waals surface area contributed by atoms with Gasteiger partial charge in [-0.25, -0.2) is 4.98 Å². The molecule has 3 aliphatic rings. The summed E-state index contributed by atoms with van der Waals surface area (Å²) in [4.78, 5) is 19.4. The molecule has 5 nitrogen and oxygen atoms in total. The number of hydrogen-bond donors (Lipinski definition) is 0. The first kappa shape index (κ1) is 14.2. The Morgan fingerprint density at radius 3 is 2.45 bits per heavy atom. The highest BCUT2D eigenvalue weighted by atomic mass is 16.5. The van der Waals surface area contributed by atoms with Gasteiger partial charge in [0, 0.05) is 43.2 Å². The van der Waals surface area contributed by atoms with Crippen LogP contribution in [0.4, 0.5) is 0 Å². The van der Waals surface area contributed by atoms with Gasteiger partial charge >= 0.3 is 0 Å². The summed E-state index contributed by atoms with van der Waals surface area (Å²) in [7, 11) is 0. The summed E-state index contributed by atoms with van der Waals surface area (Å²) in [6.07, 6.45) is 6.91. The molecule has 3 aliphatic heterocycles. The fourth-order valence-electron chi connectivity index (χ4n) is 4.62. The van der Waals surface area contributed by atoms with Crippen molar-refractivity contribution < 1.29 is 9.53 Å². The molecule has 0 saturated carbocycles. The third kappa shape index (κ3) is 2.02. The lowest BCUT2D eigenvalue weighted by Gasteiger charge is -2.25. The number of nitrogens with zero attached hydrogens (tertiary/aromatic N) is 3. The van der Waals surface area contributed by atoms with Crippen molar-refractivity contribution in [3.63, 3.8) is 0 Å². The molecule has 2 bridgehead atoms. The lowest BCUT2D eigenvalue weighted by Crippen LogP contribution is -2.36. The zero-order valence-electron chi connectivity index (χ0n) is 13.6. The first-order valence-electron chi connectivity index (χ1n) is 8.53. The number of imidazole rings is 1. The van der Waals surface area contributed by atoms with Crippen molar-refractivity contribution in [1.82, 2.24) is 14.5 Å². The molecule has 0 radical (unpaired) electrons. The molecule has 0 aromatic carbocycles. The number of hydrogen-bond acceptors (Lipinski definition) is 3. The summed E-state index contributed by atoms with van der Waals surface area (Å²) in [6, 6.07) is -0.169. The van der Waals surface area contributed by atoms with Crippen LogP contribution in [0.2, 0.25) is 0 Å². The van der Waals surface area contributed by atoms with Gasteiger partial charge in [0.15, 0.2) is 0 Å². The molecule has 4 heterocycles. The van der Waals surface area contributed by atoms with Crippen molar-refractivity contribution >= 4 is 5.91 Å². The Labute approximate surface area is 131 Å².